The van der Waals surface area contributed by atoms with Crippen molar-refractivity contribution in [3.05, 3.63) is 210 Å². The molecule has 12 heterocycles. The first-order valence-electron chi connectivity index (χ1n) is 30.0. The molecule has 0 bridgehead atoms. The predicted molar refractivity (Wildman–Crippen MR) is 388 cm³/mol. The van der Waals surface area contributed by atoms with Crippen molar-refractivity contribution < 1.29 is 4.39 Å². The number of hydrogen-bond acceptors (Lipinski definition) is 23. The van der Waals surface area contributed by atoms with Crippen molar-refractivity contribution in [2.45, 2.75) is 6.92 Å². The number of anilines is 12. The molecule has 29 heteroatoms. The fourth-order valence-electron chi connectivity index (χ4n) is 10.9. The van der Waals surface area contributed by atoms with Crippen LogP contribution in [0.4, 0.5) is 73.5 Å². The summed E-state index contributed by atoms with van der Waals surface area (Å²) in [5.41, 5.74) is 13.8. The molecule has 0 saturated carbocycles. The van der Waals surface area contributed by atoms with Gasteiger partial charge in [0.05, 0.1) is 77.2 Å². The number of nitrogens with one attached hydrogen (secondary N) is 9. The summed E-state index contributed by atoms with van der Waals surface area (Å²) in [5, 5.41) is 60.2. The van der Waals surface area contributed by atoms with Gasteiger partial charge in [0.15, 0.2) is 23.3 Å². The zero-order chi connectivity index (χ0) is 65.3. The average Bonchev–Trinajstić information content (AvgIpc) is 1.75. The molecule has 12 aromatic heterocycles. The van der Waals surface area contributed by atoms with Crippen LogP contribution in [0.25, 0.3) is 97.1 Å². The monoisotopic (exact) mass is 1350 g/mol. The molecule has 0 radical (unpaired) electrons. The predicted octanol–water partition coefficient (Wildman–Crippen LogP) is 16.9. The second-order valence-corrected chi connectivity index (χ2v) is 25.5. The van der Waals surface area contributed by atoms with E-state index in [1.165, 1.54) is 23.7 Å². The summed E-state index contributed by atoms with van der Waals surface area (Å²) >= 11 is 6.06. The van der Waals surface area contributed by atoms with Crippen LogP contribution in [-0.2, 0) is 14.1 Å². The van der Waals surface area contributed by atoms with Gasteiger partial charge >= 0.3 is 0 Å². The third kappa shape index (κ3) is 12.7. The Morgan fingerprint density at radius 2 is 0.907 bits per heavy atom. The van der Waals surface area contributed by atoms with Gasteiger partial charge in [-0.3, -0.25) is 30.0 Å². The minimum Gasteiger partial charge on any atom is -0.339 e. The quantitative estimate of drug-likeness (QED) is 0.0461. The van der Waals surface area contributed by atoms with E-state index < -0.39 is 0 Å². The van der Waals surface area contributed by atoms with Crippen LogP contribution >= 0.6 is 45.5 Å². The highest BCUT2D eigenvalue weighted by Gasteiger charge is 2.20. The largest absolute Gasteiger partial charge is 0.339 e. The zero-order valence-electron chi connectivity index (χ0n) is 51.3. The molecular formula is C68H51FN24S4. The number of nitrogens with zero attached hydrogens (tertiary/aromatic N) is 15. The Hall–Kier alpha value is -12.4. The van der Waals surface area contributed by atoms with Gasteiger partial charge in [-0.1, -0.05) is 72.8 Å². The summed E-state index contributed by atoms with van der Waals surface area (Å²) in [6, 6.07) is 52.3. The summed E-state index contributed by atoms with van der Waals surface area (Å²) in [5.74, 6) is 5.52. The maximum atomic E-state index is 13.5. The molecule has 24 nitrogen and oxygen atoms in total. The van der Waals surface area contributed by atoms with Crippen LogP contribution < -0.4 is 31.9 Å². The van der Waals surface area contributed by atoms with Crippen LogP contribution in [0, 0.1) is 12.7 Å². The number of aromatic nitrogens is 18. The molecule has 0 aliphatic rings. The normalized spacial score (nSPS) is 11.3. The molecule has 474 valence electrons. The first kappa shape index (κ1) is 59.6. The van der Waals surface area contributed by atoms with Crippen LogP contribution in [0.3, 0.4) is 0 Å². The van der Waals surface area contributed by atoms with Gasteiger partial charge < -0.3 is 26.6 Å². The van der Waals surface area contributed by atoms with Crippen molar-refractivity contribution in [2.75, 3.05) is 31.9 Å². The van der Waals surface area contributed by atoms with Gasteiger partial charge in [0, 0.05) is 81.6 Å². The molecule has 0 aliphatic heterocycles. The van der Waals surface area contributed by atoms with Gasteiger partial charge in [-0.15, -0.1) is 34.0 Å². The van der Waals surface area contributed by atoms with Gasteiger partial charge in [0.2, 0.25) is 23.0 Å². The molecule has 9 N–H and O–H groups in total. The van der Waals surface area contributed by atoms with E-state index in [4.69, 9.17) is 19.9 Å². The van der Waals surface area contributed by atoms with Crippen molar-refractivity contribution in [3.63, 3.8) is 0 Å². The number of H-pyrrole nitrogens is 3. The number of aromatic amines is 3. The second-order valence-electron chi connectivity index (χ2n) is 22.0. The summed E-state index contributed by atoms with van der Waals surface area (Å²) in [6.45, 7) is 1.92. The highest BCUT2D eigenvalue weighted by molar-refractivity contribution is 7.18. The number of halogens is 1. The van der Waals surface area contributed by atoms with E-state index in [-0.39, 0.29) is 5.82 Å². The average molecular weight is 1350 g/mol. The van der Waals surface area contributed by atoms with Crippen molar-refractivity contribution in [1.82, 2.24) is 89.4 Å². The lowest BCUT2D eigenvalue weighted by Gasteiger charge is -2.12. The molecule has 0 unspecified atom stereocenters. The number of rotatable bonds is 15. The Kier molecular flexibility index (Phi) is 15.8. The molecule has 0 spiro atoms. The number of hydrogen-bond donors (Lipinski definition) is 9. The summed E-state index contributed by atoms with van der Waals surface area (Å²) in [7, 11) is 3.75. The third-order valence-corrected chi connectivity index (χ3v) is 18.8. The minimum atomic E-state index is -0.282. The molecule has 97 heavy (non-hydrogen) atoms. The molecule has 0 atom stereocenters. The standard InChI is InChI=1S/C24H19FN8S.C23H18N8S.C21H14N8S2/c1-13-20(14-3-5-16(25)6-4-14)23(33(2)32-13)30-24-28-19-9-10-34-21(19)22(29-24)27-17-7-8-18-15(11-17)12-26-31-18;1-31-20(12-19(30-31)14-5-3-2-4-6-14)27-23-26-18-9-10-32-21(18)22(28-23)25-16-7-8-17-15(11-16)13-24-29-17;1-2-4-12(5-3-1)18-26-21(31-29-18)27-20-24-16-8-9-30-17(16)19(25-20)23-14-6-7-15-13(10-14)11-22-28-15/h3-12H,1-2H3,(H,26,31)(H2,27,28,29,30);2-13H,1H3,(H,24,29)(H2,25,26,27,28);1-11H,(H,22,28)(H2,23,24,25,26,27,29). The Bertz CT molecular complexity index is 5830. The van der Waals surface area contributed by atoms with Crippen LogP contribution in [0.15, 0.2) is 199 Å². The first-order valence-corrected chi connectivity index (χ1v) is 33.5. The lowest BCUT2D eigenvalue weighted by atomic mass is 10.1. The smallest absolute Gasteiger partial charge is 0.231 e. The Morgan fingerprint density at radius 3 is 1.41 bits per heavy atom. The van der Waals surface area contributed by atoms with E-state index in [9.17, 15) is 4.39 Å². The highest BCUT2D eigenvalue weighted by atomic mass is 32.1. The lowest BCUT2D eigenvalue weighted by Crippen LogP contribution is -2.05. The molecule has 6 aromatic carbocycles. The molecule has 18 rings (SSSR count). The van der Waals surface area contributed by atoms with Crippen LogP contribution in [-0.4, -0.2) is 89.4 Å². The molecule has 0 fully saturated rings. The fourth-order valence-corrected chi connectivity index (χ4v) is 13.8. The Morgan fingerprint density at radius 1 is 0.433 bits per heavy atom. The van der Waals surface area contributed by atoms with Gasteiger partial charge in [-0.05, 0) is 114 Å². The van der Waals surface area contributed by atoms with E-state index in [1.807, 2.05) is 177 Å². The number of aryl methyl sites for hydroxylation is 3. The maximum Gasteiger partial charge on any atom is 0.231 e. The van der Waals surface area contributed by atoms with Gasteiger partial charge in [-0.2, -0.15) is 49.8 Å². The molecular weight excluding hydrogens is 1300 g/mol. The van der Waals surface area contributed by atoms with E-state index in [1.54, 1.807) is 74.1 Å². The molecule has 0 amide bonds. The molecule has 0 saturated heterocycles. The first-order chi connectivity index (χ1) is 47.6. The lowest BCUT2D eigenvalue weighted by molar-refractivity contribution is 0.628. The van der Waals surface area contributed by atoms with E-state index in [2.05, 4.69) is 92.0 Å². The number of thiophene rings is 3. The summed E-state index contributed by atoms with van der Waals surface area (Å²) < 4.78 is 24.4. The second kappa shape index (κ2) is 25.8. The Labute approximate surface area is 565 Å². The fraction of sp³-hybridized carbons (Fsp3) is 0.0441. The third-order valence-electron chi connectivity index (χ3n) is 15.5. The molecule has 18 aromatic rings. The zero-order valence-corrected chi connectivity index (χ0v) is 54.5. The number of fused-ring (bicyclic) bond motifs is 6. The van der Waals surface area contributed by atoms with Crippen molar-refractivity contribution in [3.8, 4) is 33.8 Å². The van der Waals surface area contributed by atoms with Gasteiger partial charge in [-0.25, -0.2) is 19.3 Å². The van der Waals surface area contributed by atoms with Gasteiger partial charge in [0.25, 0.3) is 0 Å². The van der Waals surface area contributed by atoms with Crippen molar-refractivity contribution in [1.29, 1.82) is 0 Å². The maximum absolute atomic E-state index is 13.5. The topological polar surface area (TPSA) is 297 Å². The van der Waals surface area contributed by atoms with Gasteiger partial charge in [0.1, 0.15) is 17.5 Å². The number of benzene rings is 6. The van der Waals surface area contributed by atoms with Crippen LogP contribution in [0.5, 0.6) is 0 Å². The van der Waals surface area contributed by atoms with Crippen LogP contribution in [0.2, 0.25) is 0 Å². The van der Waals surface area contributed by atoms with Crippen molar-refractivity contribution in [2.24, 2.45) is 14.1 Å². The van der Waals surface area contributed by atoms with Crippen molar-refractivity contribution >= 4 is 178 Å². The molecule has 0 aliphatic carbocycles. The highest BCUT2D eigenvalue weighted by Crippen LogP contribution is 2.38. The Balaban J connectivity index is 0.000000114. The van der Waals surface area contributed by atoms with E-state index in [0.29, 0.717) is 34.6 Å². The van der Waals surface area contributed by atoms with Crippen LogP contribution in [0.1, 0.15) is 5.69 Å². The van der Waals surface area contributed by atoms with E-state index >= 15 is 0 Å². The van der Waals surface area contributed by atoms with E-state index in [0.717, 1.165) is 137 Å². The minimum absolute atomic E-state index is 0.282. The summed E-state index contributed by atoms with van der Waals surface area (Å²) in [4.78, 5) is 32.9. The SMILES string of the molecule is Cc1nn(C)c(Nc2nc(Nc3ccc4[nH]ncc4c3)c3sccc3n2)c1-c1ccc(F)cc1.Cn1nc(-c2ccccc2)cc1Nc1nc(Nc2ccc3[nH]ncc3c2)c2sccc2n1.c1ccc(-c2nsc(Nc3nc(Nc4ccc5[nH]ncc5c4)c4sccc4n3)n2)cc1. The summed E-state index contributed by atoms with van der Waals surface area (Å²) in [6.07, 6.45) is 5.39.